The average Bonchev–Trinajstić information content (AvgIpc) is 3.48. The van der Waals surface area contributed by atoms with Gasteiger partial charge in [-0.15, -0.1) is 0 Å². The number of aliphatic hydroxyl groups excluding tert-OH is 1. The second-order valence-electron chi connectivity index (χ2n) is 8.80. The van der Waals surface area contributed by atoms with Gasteiger partial charge < -0.3 is 19.3 Å². The smallest absolute Gasteiger partial charge is 0.301 e. The zero-order chi connectivity index (χ0) is 27.1. The quantitative estimate of drug-likeness (QED) is 0.135. The number of amides is 1. The van der Waals surface area contributed by atoms with Gasteiger partial charge in [-0.1, -0.05) is 47.7 Å². The molecule has 1 saturated heterocycles. The van der Waals surface area contributed by atoms with Gasteiger partial charge >= 0.3 is 5.91 Å². The van der Waals surface area contributed by atoms with Crippen molar-refractivity contribution in [3.63, 3.8) is 0 Å². The Balaban J connectivity index is 1.50. The summed E-state index contributed by atoms with van der Waals surface area (Å²) < 4.78 is 17.6. The first kappa shape index (κ1) is 25.0. The molecule has 2 aliphatic heterocycles. The minimum Gasteiger partial charge on any atom is -0.507 e. The van der Waals surface area contributed by atoms with Crippen LogP contribution in [0.2, 0.25) is 5.02 Å². The number of ketones is 1. The van der Waals surface area contributed by atoms with Crippen molar-refractivity contribution < 1.29 is 28.9 Å². The first-order chi connectivity index (χ1) is 18.9. The highest BCUT2D eigenvalue weighted by Gasteiger charge is 2.48. The summed E-state index contributed by atoms with van der Waals surface area (Å²) in [6.45, 7) is 4.77. The summed E-state index contributed by atoms with van der Waals surface area (Å²) in [6, 6.07) is 16.1. The molecule has 0 radical (unpaired) electrons. The summed E-state index contributed by atoms with van der Waals surface area (Å²) in [7, 11) is 0. The van der Waals surface area contributed by atoms with E-state index in [0.717, 1.165) is 4.70 Å². The Bertz CT molecular complexity index is 1660. The van der Waals surface area contributed by atoms with E-state index in [1.165, 1.54) is 16.2 Å². The molecule has 0 aliphatic carbocycles. The van der Waals surface area contributed by atoms with Crippen LogP contribution in [0.25, 0.3) is 16.0 Å². The number of thiazole rings is 1. The predicted molar refractivity (Wildman–Crippen MR) is 149 cm³/mol. The number of hydrogen-bond donors (Lipinski definition) is 1. The number of benzene rings is 3. The van der Waals surface area contributed by atoms with Crippen molar-refractivity contribution in [2.24, 2.45) is 0 Å². The van der Waals surface area contributed by atoms with Crippen molar-refractivity contribution in [1.29, 1.82) is 0 Å². The van der Waals surface area contributed by atoms with Crippen molar-refractivity contribution >= 4 is 55.7 Å². The molecule has 0 saturated carbocycles. The first-order valence-electron chi connectivity index (χ1n) is 12.1. The van der Waals surface area contributed by atoms with Crippen LogP contribution in [-0.4, -0.2) is 41.6 Å². The van der Waals surface area contributed by atoms with E-state index >= 15 is 0 Å². The standard InChI is InChI=1S/C29H21ClN2O6S/c1-2-11-36-19-7-3-16(4-8-19)25-24(26(33)17-5-10-21-22(14-17)38-13-12-37-21)27(34)28(35)32(25)29-31-20-9-6-18(30)15-23(20)39-29/h2-10,14-15,25,33H,1,11-13H2/b26-24+. The summed E-state index contributed by atoms with van der Waals surface area (Å²) in [6.07, 6.45) is 1.63. The van der Waals surface area contributed by atoms with E-state index in [4.69, 9.17) is 25.8 Å². The molecular weight excluding hydrogens is 540 g/mol. The maximum atomic E-state index is 13.5. The Labute approximate surface area is 232 Å². The SMILES string of the molecule is C=CCOc1ccc(C2/C(=C(\O)c3ccc4c(c3)OCCO4)C(=O)C(=O)N2c2nc3ccc(Cl)cc3s2)cc1. The van der Waals surface area contributed by atoms with E-state index in [1.807, 2.05) is 0 Å². The van der Waals surface area contributed by atoms with E-state index in [-0.39, 0.29) is 11.3 Å². The maximum absolute atomic E-state index is 13.5. The topological polar surface area (TPSA) is 98.2 Å². The van der Waals surface area contributed by atoms with E-state index in [1.54, 1.807) is 66.7 Å². The molecule has 3 aromatic carbocycles. The minimum absolute atomic E-state index is 0.0614. The minimum atomic E-state index is -0.942. The number of aromatic nitrogens is 1. The third-order valence-corrected chi connectivity index (χ3v) is 7.62. The van der Waals surface area contributed by atoms with Crippen LogP contribution in [0, 0.1) is 0 Å². The lowest BCUT2D eigenvalue weighted by Gasteiger charge is -2.23. The molecule has 0 spiro atoms. The molecule has 2 aliphatic rings. The van der Waals surface area contributed by atoms with Crippen LogP contribution in [0.5, 0.6) is 17.2 Å². The van der Waals surface area contributed by atoms with Crippen molar-refractivity contribution in [1.82, 2.24) is 4.98 Å². The van der Waals surface area contributed by atoms with Gasteiger partial charge in [0.05, 0.1) is 21.8 Å². The molecule has 8 nitrogen and oxygen atoms in total. The summed E-state index contributed by atoms with van der Waals surface area (Å²) in [5, 5.41) is 12.3. The van der Waals surface area contributed by atoms with Gasteiger partial charge in [-0.3, -0.25) is 14.5 Å². The second-order valence-corrected chi connectivity index (χ2v) is 10.3. The fourth-order valence-corrected chi connectivity index (χ4v) is 5.85. The molecule has 1 unspecified atom stereocenters. The van der Waals surface area contributed by atoms with Gasteiger partial charge in [-0.25, -0.2) is 4.98 Å². The highest BCUT2D eigenvalue weighted by molar-refractivity contribution is 7.22. The van der Waals surface area contributed by atoms with Crippen LogP contribution in [0.3, 0.4) is 0 Å². The number of fused-ring (bicyclic) bond motifs is 2. The monoisotopic (exact) mass is 560 g/mol. The Morgan fingerprint density at radius 1 is 1.10 bits per heavy atom. The second kappa shape index (κ2) is 10.1. The Kier molecular flexibility index (Phi) is 6.46. The van der Waals surface area contributed by atoms with Gasteiger partial charge in [0.15, 0.2) is 16.6 Å². The lowest BCUT2D eigenvalue weighted by Crippen LogP contribution is -2.29. The number of ether oxygens (including phenoxy) is 3. The third-order valence-electron chi connectivity index (χ3n) is 6.37. The molecule has 39 heavy (non-hydrogen) atoms. The van der Waals surface area contributed by atoms with Gasteiger partial charge in [0.25, 0.3) is 5.78 Å². The molecule has 1 fully saturated rings. The zero-order valence-corrected chi connectivity index (χ0v) is 22.0. The molecule has 1 amide bonds. The van der Waals surface area contributed by atoms with E-state index in [0.29, 0.717) is 63.9 Å². The normalized spacial score (nSPS) is 18.0. The fraction of sp³-hybridized carbons (Fsp3) is 0.138. The number of carbonyl (C=O) groups is 2. The number of aliphatic hydroxyl groups is 1. The summed E-state index contributed by atoms with van der Waals surface area (Å²) in [4.78, 5) is 33.0. The molecule has 4 aromatic rings. The van der Waals surface area contributed by atoms with Crippen LogP contribution in [0.4, 0.5) is 5.13 Å². The van der Waals surface area contributed by atoms with Crippen LogP contribution in [-0.2, 0) is 9.59 Å². The van der Waals surface area contributed by atoms with Gasteiger partial charge in [0.2, 0.25) is 0 Å². The molecule has 1 N–H and O–H groups in total. The average molecular weight is 561 g/mol. The summed E-state index contributed by atoms with van der Waals surface area (Å²) in [5.41, 5.74) is 1.49. The number of rotatable bonds is 6. The maximum Gasteiger partial charge on any atom is 0.301 e. The van der Waals surface area contributed by atoms with Crippen LogP contribution in [0.1, 0.15) is 17.2 Å². The number of carbonyl (C=O) groups excluding carboxylic acids is 2. The van der Waals surface area contributed by atoms with Crippen molar-refractivity contribution in [2.75, 3.05) is 24.7 Å². The molecule has 6 rings (SSSR count). The van der Waals surface area contributed by atoms with E-state index < -0.39 is 17.7 Å². The van der Waals surface area contributed by atoms with Gasteiger partial charge in [-0.2, -0.15) is 0 Å². The molecule has 1 aromatic heterocycles. The van der Waals surface area contributed by atoms with Gasteiger partial charge in [0.1, 0.15) is 31.3 Å². The molecule has 10 heteroatoms. The van der Waals surface area contributed by atoms with E-state index in [2.05, 4.69) is 11.6 Å². The molecular formula is C29H21ClN2O6S. The Hall–Kier alpha value is -4.34. The van der Waals surface area contributed by atoms with Crippen LogP contribution >= 0.6 is 22.9 Å². The first-order valence-corrected chi connectivity index (χ1v) is 13.2. The lowest BCUT2D eigenvalue weighted by atomic mass is 9.95. The fourth-order valence-electron chi connectivity index (χ4n) is 4.58. The zero-order valence-electron chi connectivity index (χ0n) is 20.4. The number of hydrogen-bond acceptors (Lipinski definition) is 8. The molecule has 0 bridgehead atoms. The van der Waals surface area contributed by atoms with Gasteiger partial charge in [0, 0.05) is 10.6 Å². The largest absolute Gasteiger partial charge is 0.507 e. The Morgan fingerprint density at radius 3 is 2.64 bits per heavy atom. The highest BCUT2D eigenvalue weighted by Crippen LogP contribution is 2.45. The van der Waals surface area contributed by atoms with Crippen LogP contribution < -0.4 is 19.1 Å². The highest BCUT2D eigenvalue weighted by atomic mass is 35.5. The van der Waals surface area contributed by atoms with E-state index in [9.17, 15) is 14.7 Å². The molecule has 3 heterocycles. The summed E-state index contributed by atoms with van der Waals surface area (Å²) >= 11 is 7.40. The lowest BCUT2D eigenvalue weighted by molar-refractivity contribution is -0.132. The van der Waals surface area contributed by atoms with Crippen molar-refractivity contribution in [3.8, 4) is 17.2 Å². The van der Waals surface area contributed by atoms with Crippen molar-refractivity contribution in [2.45, 2.75) is 6.04 Å². The number of Topliss-reactive ketones (excluding diaryl/α,β-unsaturated/α-hetero) is 1. The van der Waals surface area contributed by atoms with Gasteiger partial charge in [-0.05, 0) is 54.1 Å². The van der Waals surface area contributed by atoms with Crippen molar-refractivity contribution in [3.05, 3.63) is 95.0 Å². The molecule has 1 atom stereocenters. The third kappa shape index (κ3) is 4.49. The summed E-state index contributed by atoms with van der Waals surface area (Å²) in [5.74, 6) is -0.361. The predicted octanol–water partition coefficient (Wildman–Crippen LogP) is 5.91. The Morgan fingerprint density at radius 2 is 1.87 bits per heavy atom. The number of anilines is 1. The van der Waals surface area contributed by atoms with Crippen LogP contribution in [0.15, 0.2) is 78.9 Å². The number of halogens is 1. The number of nitrogens with zero attached hydrogens (tertiary/aromatic N) is 2. The molecule has 196 valence electrons.